The van der Waals surface area contributed by atoms with E-state index in [-0.39, 0.29) is 39.8 Å². The Labute approximate surface area is 226 Å². The molecular formula is C23H24Cl2N6O7. The minimum absolute atomic E-state index is 0.00519. The molecule has 0 radical (unpaired) electrons. The molecule has 0 bridgehead atoms. The van der Waals surface area contributed by atoms with Gasteiger partial charge in [-0.2, -0.15) is 0 Å². The standard InChI is InChI=1S/C23H24Cl2N6O7/c24-12-4-15(20(36)16(25)5-12)17(6-19(34)35)31-18(33)9-27-22(38)11-1-10(21(26)37)2-13(3-11)30-23-28-7-14(32)8-29-23/h1-5,14,17,32,36H,6-9H2,(H2,26,37)(H,27,38)(H,31,33)(H,34,35)(H2,28,29,30)/t17-/m0/s1. The third-order valence-corrected chi connectivity index (χ3v) is 5.77. The maximum atomic E-state index is 12.8. The summed E-state index contributed by atoms with van der Waals surface area (Å²) in [5, 5.41) is 39.5. The first kappa shape index (κ1) is 28.5. The molecule has 0 spiro atoms. The van der Waals surface area contributed by atoms with Crippen molar-refractivity contribution in [1.82, 2.24) is 16.0 Å². The second-order valence-electron chi connectivity index (χ2n) is 8.24. The number of aliphatic hydroxyl groups excluding tert-OH is 1. The van der Waals surface area contributed by atoms with Gasteiger partial charge >= 0.3 is 5.97 Å². The highest BCUT2D eigenvalue weighted by Crippen LogP contribution is 2.36. The molecule has 1 unspecified atom stereocenters. The van der Waals surface area contributed by atoms with Crippen LogP contribution in [0.2, 0.25) is 10.0 Å². The van der Waals surface area contributed by atoms with Crippen LogP contribution in [0.25, 0.3) is 0 Å². The fraction of sp³-hybridized carbons (Fsp3) is 0.261. The third-order valence-electron chi connectivity index (χ3n) is 5.26. The van der Waals surface area contributed by atoms with Crippen molar-refractivity contribution in [3.8, 4) is 5.75 Å². The number of anilines is 1. The number of aliphatic hydroxyl groups is 1. The van der Waals surface area contributed by atoms with Crippen LogP contribution in [-0.4, -0.2) is 70.7 Å². The number of amides is 3. The number of nitrogens with two attached hydrogens (primary N) is 1. The minimum Gasteiger partial charge on any atom is -0.506 e. The van der Waals surface area contributed by atoms with E-state index in [2.05, 4.69) is 26.3 Å². The molecule has 3 rings (SSSR count). The number of benzene rings is 2. The molecule has 0 saturated carbocycles. The minimum atomic E-state index is -1.27. The third kappa shape index (κ3) is 7.71. The lowest BCUT2D eigenvalue weighted by atomic mass is 10.0. The van der Waals surface area contributed by atoms with Crippen LogP contribution in [0.4, 0.5) is 5.69 Å². The molecule has 9 N–H and O–H groups in total. The molecule has 1 aliphatic rings. The van der Waals surface area contributed by atoms with Gasteiger partial charge in [0.2, 0.25) is 11.8 Å². The number of primary amides is 1. The molecule has 0 fully saturated rings. The van der Waals surface area contributed by atoms with Crippen LogP contribution < -0.4 is 27.0 Å². The van der Waals surface area contributed by atoms with Crippen molar-refractivity contribution < 1.29 is 34.5 Å². The zero-order valence-corrected chi connectivity index (χ0v) is 21.1. The number of carboxylic acid groups (broad SMARTS) is 1. The maximum absolute atomic E-state index is 12.8. The number of rotatable bonds is 9. The van der Waals surface area contributed by atoms with Gasteiger partial charge < -0.3 is 42.3 Å². The van der Waals surface area contributed by atoms with E-state index in [1.807, 2.05) is 0 Å². The molecule has 1 heterocycles. The van der Waals surface area contributed by atoms with E-state index in [1.54, 1.807) is 0 Å². The number of carbonyl (C=O) groups is 4. The van der Waals surface area contributed by atoms with Crippen LogP contribution in [0.5, 0.6) is 5.75 Å². The average Bonchev–Trinajstić information content (AvgIpc) is 2.85. The van der Waals surface area contributed by atoms with Gasteiger partial charge in [0.25, 0.3) is 5.91 Å². The van der Waals surface area contributed by atoms with Crippen molar-refractivity contribution >= 4 is 58.5 Å². The summed E-state index contributed by atoms with van der Waals surface area (Å²) in [6.45, 7) is -0.152. The van der Waals surface area contributed by atoms with Gasteiger partial charge in [0, 0.05) is 33.9 Å². The number of halogens is 2. The molecule has 202 valence electrons. The number of nitrogens with zero attached hydrogens (tertiary/aromatic N) is 1. The first-order valence-electron chi connectivity index (χ1n) is 11.1. The average molecular weight is 567 g/mol. The Balaban J connectivity index is 1.72. The lowest BCUT2D eigenvalue weighted by molar-refractivity contribution is -0.137. The number of carboxylic acids is 1. The Bertz CT molecular complexity index is 1300. The number of guanidine groups is 1. The highest BCUT2D eigenvalue weighted by atomic mass is 35.5. The Morgan fingerprint density at radius 3 is 2.47 bits per heavy atom. The van der Waals surface area contributed by atoms with Gasteiger partial charge in [0.1, 0.15) is 5.75 Å². The number of hydrogen-bond donors (Lipinski definition) is 8. The molecule has 3 amide bonds. The second-order valence-corrected chi connectivity index (χ2v) is 9.08. The van der Waals surface area contributed by atoms with Crippen molar-refractivity contribution in [2.45, 2.75) is 18.6 Å². The largest absolute Gasteiger partial charge is 0.506 e. The summed E-state index contributed by atoms with van der Waals surface area (Å²) in [4.78, 5) is 52.5. The van der Waals surface area contributed by atoms with Crippen molar-refractivity contribution in [2.75, 3.05) is 25.0 Å². The van der Waals surface area contributed by atoms with E-state index < -0.39 is 54.6 Å². The molecule has 15 heteroatoms. The van der Waals surface area contributed by atoms with Gasteiger partial charge in [-0.1, -0.05) is 23.2 Å². The van der Waals surface area contributed by atoms with Crippen LogP contribution in [0.3, 0.4) is 0 Å². The van der Waals surface area contributed by atoms with Gasteiger partial charge in [-0.3, -0.25) is 24.2 Å². The number of nitrogens with one attached hydrogen (secondary N) is 4. The lowest BCUT2D eigenvalue weighted by Gasteiger charge is -2.20. The SMILES string of the molecule is NC(=O)c1cc(NC2=NCC(O)CN2)cc(C(=O)NCC(=O)N[C@@H](CC(=O)O)c2cc(Cl)cc(Cl)c2O)c1. The molecule has 0 saturated heterocycles. The number of aromatic hydroxyl groups is 1. The summed E-state index contributed by atoms with van der Waals surface area (Å²) < 4.78 is 0. The number of β-amino-alcohol motifs (C(OH)–C–C–N with tert-alkyl or cyclic N) is 1. The first-order chi connectivity index (χ1) is 17.9. The summed E-state index contributed by atoms with van der Waals surface area (Å²) >= 11 is 11.9. The monoisotopic (exact) mass is 566 g/mol. The summed E-state index contributed by atoms with van der Waals surface area (Å²) in [6.07, 6.45) is -1.24. The molecule has 2 aromatic rings. The first-order valence-corrected chi connectivity index (χ1v) is 11.8. The Morgan fingerprint density at radius 2 is 1.84 bits per heavy atom. The van der Waals surface area contributed by atoms with Gasteiger partial charge in [-0.15, -0.1) is 0 Å². The summed E-state index contributed by atoms with van der Waals surface area (Å²) in [5.74, 6) is -3.71. The van der Waals surface area contributed by atoms with E-state index in [4.69, 9.17) is 28.9 Å². The zero-order valence-electron chi connectivity index (χ0n) is 19.6. The van der Waals surface area contributed by atoms with Crippen LogP contribution >= 0.6 is 23.2 Å². The van der Waals surface area contributed by atoms with Crippen LogP contribution in [0.15, 0.2) is 35.3 Å². The van der Waals surface area contributed by atoms with Crippen molar-refractivity contribution in [3.05, 3.63) is 57.1 Å². The van der Waals surface area contributed by atoms with Gasteiger partial charge in [0.15, 0.2) is 5.96 Å². The Morgan fingerprint density at radius 1 is 1.13 bits per heavy atom. The summed E-state index contributed by atoms with van der Waals surface area (Å²) in [6, 6.07) is 5.36. The van der Waals surface area contributed by atoms with E-state index in [1.165, 1.54) is 30.3 Å². The number of hydrogen-bond acceptors (Lipinski definition) is 9. The maximum Gasteiger partial charge on any atom is 0.305 e. The number of carbonyl (C=O) groups excluding carboxylic acids is 3. The smallest absolute Gasteiger partial charge is 0.305 e. The van der Waals surface area contributed by atoms with Crippen LogP contribution in [0.1, 0.15) is 38.7 Å². The van der Waals surface area contributed by atoms with E-state index in [9.17, 15) is 34.5 Å². The number of aliphatic carboxylic acids is 1. The fourth-order valence-corrected chi connectivity index (χ4v) is 4.01. The van der Waals surface area contributed by atoms with Crippen LogP contribution in [0, 0.1) is 0 Å². The fourth-order valence-electron chi connectivity index (χ4n) is 3.50. The van der Waals surface area contributed by atoms with Gasteiger partial charge in [0.05, 0.1) is 36.7 Å². The van der Waals surface area contributed by atoms with E-state index >= 15 is 0 Å². The normalized spacial score (nSPS) is 15.4. The number of phenols is 1. The number of aliphatic imine (C=N–C) groups is 1. The molecule has 0 aromatic heterocycles. The summed E-state index contributed by atoms with van der Waals surface area (Å²) in [7, 11) is 0. The van der Waals surface area contributed by atoms with E-state index in [0.29, 0.717) is 11.6 Å². The molecule has 2 aromatic carbocycles. The quantitative estimate of drug-likeness (QED) is 0.213. The summed E-state index contributed by atoms with van der Waals surface area (Å²) in [5.41, 5.74) is 5.67. The molecule has 13 nitrogen and oxygen atoms in total. The molecule has 38 heavy (non-hydrogen) atoms. The predicted octanol–water partition coefficient (Wildman–Crippen LogP) is 0.592. The van der Waals surface area contributed by atoms with Crippen molar-refractivity contribution in [3.63, 3.8) is 0 Å². The molecule has 2 atom stereocenters. The molecule has 0 aliphatic carbocycles. The van der Waals surface area contributed by atoms with Gasteiger partial charge in [-0.05, 0) is 30.3 Å². The molecular weight excluding hydrogens is 543 g/mol. The highest BCUT2D eigenvalue weighted by Gasteiger charge is 2.24. The van der Waals surface area contributed by atoms with E-state index in [0.717, 1.165) is 0 Å². The number of phenolic OH excluding ortho intramolecular Hbond substituents is 1. The predicted molar refractivity (Wildman–Crippen MR) is 138 cm³/mol. The Hall–Kier alpha value is -4.07. The second kappa shape index (κ2) is 12.4. The van der Waals surface area contributed by atoms with Crippen molar-refractivity contribution in [1.29, 1.82) is 0 Å². The van der Waals surface area contributed by atoms with Gasteiger partial charge in [-0.25, -0.2) is 0 Å². The lowest BCUT2D eigenvalue weighted by Crippen LogP contribution is -2.42. The molecule has 1 aliphatic heterocycles. The van der Waals surface area contributed by atoms with Crippen LogP contribution in [-0.2, 0) is 9.59 Å². The zero-order chi connectivity index (χ0) is 28.0. The van der Waals surface area contributed by atoms with Crippen molar-refractivity contribution in [2.24, 2.45) is 10.7 Å². The topological polar surface area (TPSA) is 215 Å². The highest BCUT2D eigenvalue weighted by molar-refractivity contribution is 6.35. The Kier molecular flexibility index (Phi) is 9.34.